The van der Waals surface area contributed by atoms with Crippen LogP contribution in [0.4, 0.5) is 0 Å². The van der Waals surface area contributed by atoms with E-state index in [9.17, 15) is 4.89 Å². The molecule has 0 rings (SSSR count). The van der Waals surface area contributed by atoms with Crippen molar-refractivity contribution < 1.29 is 9.42 Å². The van der Waals surface area contributed by atoms with Gasteiger partial charge < -0.3 is 9.42 Å². The first-order chi connectivity index (χ1) is 20.9. The molecule has 0 radical (unpaired) electrons. The minimum absolute atomic E-state index is 0.0201. The summed E-state index contributed by atoms with van der Waals surface area (Å²) in [4.78, 5) is 10.7. The molecule has 0 aliphatic rings. The van der Waals surface area contributed by atoms with Gasteiger partial charge in [0.15, 0.2) is 0 Å². The van der Waals surface area contributed by atoms with Crippen LogP contribution in [0.1, 0.15) is 207 Å². The topological polar surface area (TPSA) is 29.5 Å². The fraction of sp³-hybridized carbons (Fsp3) is 1.00. The molecular weight excluding hydrogens is 624 g/mol. The van der Waals surface area contributed by atoms with Crippen LogP contribution < -0.4 is 0 Å². The van der Waals surface area contributed by atoms with Crippen molar-refractivity contribution >= 4 is 52.4 Å². The minimum atomic E-state index is -2.78. The van der Waals surface area contributed by atoms with Crippen molar-refractivity contribution in [3.8, 4) is 0 Å². The molecule has 0 saturated carbocycles. The molecule has 0 aromatic carbocycles. The van der Waals surface area contributed by atoms with Gasteiger partial charge in [-0.1, -0.05) is 192 Å². The van der Waals surface area contributed by atoms with Crippen molar-refractivity contribution in [3.63, 3.8) is 0 Å². The maximum atomic E-state index is 10.7. The summed E-state index contributed by atoms with van der Waals surface area (Å²) >= 11 is 10.7. The maximum absolute atomic E-state index is 10.7. The van der Waals surface area contributed by atoms with Gasteiger partial charge in [-0.05, 0) is 50.0 Å². The van der Waals surface area contributed by atoms with Crippen LogP contribution in [0, 0.1) is 0 Å². The predicted octanol–water partition coefficient (Wildman–Crippen LogP) is 15.1. The molecule has 3 unspecified atom stereocenters. The highest BCUT2D eigenvalue weighted by Gasteiger charge is 2.22. The van der Waals surface area contributed by atoms with Crippen molar-refractivity contribution in [2.45, 2.75) is 217 Å². The summed E-state index contributed by atoms with van der Waals surface area (Å²) in [6.07, 6.45) is 39.1. The van der Waals surface area contributed by atoms with Crippen LogP contribution >= 0.6 is 40.6 Å². The zero-order chi connectivity index (χ0) is 31.7. The lowest BCUT2D eigenvalue weighted by Crippen LogP contribution is -2.03. The van der Waals surface area contributed by atoms with Crippen LogP contribution in [-0.4, -0.2) is 26.4 Å². The van der Waals surface area contributed by atoms with Gasteiger partial charge in [-0.25, -0.2) is 0 Å². The van der Waals surface area contributed by atoms with Gasteiger partial charge in [0.25, 0.3) is 0 Å². The fourth-order valence-electron chi connectivity index (χ4n) is 5.55. The lowest BCUT2D eigenvalue weighted by atomic mass is 10.0. The average Bonchev–Trinajstić information content (AvgIpc) is 2.96. The third kappa shape index (κ3) is 36.3. The van der Waals surface area contributed by atoms with E-state index in [2.05, 4.69) is 27.7 Å². The predicted molar refractivity (Wildman–Crippen MR) is 210 cm³/mol. The minimum Gasteiger partial charge on any atom is -0.337 e. The van der Waals surface area contributed by atoms with Gasteiger partial charge in [0.1, 0.15) is 5.44 Å². The van der Waals surface area contributed by atoms with Crippen molar-refractivity contribution in [2.24, 2.45) is 0 Å². The van der Waals surface area contributed by atoms with Gasteiger partial charge in [-0.3, -0.25) is 0 Å². The molecule has 0 saturated heterocycles. The van der Waals surface area contributed by atoms with Crippen LogP contribution in [0.25, 0.3) is 0 Å². The van der Waals surface area contributed by atoms with Crippen molar-refractivity contribution in [3.05, 3.63) is 0 Å². The smallest absolute Gasteiger partial charge is 0.246 e. The summed E-state index contributed by atoms with van der Waals surface area (Å²) in [7, 11) is 0. The van der Waals surface area contributed by atoms with Crippen molar-refractivity contribution in [1.29, 1.82) is 0 Å². The molecule has 260 valence electrons. The van der Waals surface area contributed by atoms with E-state index in [0.29, 0.717) is 4.58 Å². The lowest BCUT2D eigenvalue weighted by molar-refractivity contribution is 0.311. The monoisotopic (exact) mass is 698 g/mol. The van der Waals surface area contributed by atoms with Crippen LogP contribution in [0.15, 0.2) is 0 Å². The second-order valence-corrected chi connectivity index (χ2v) is 22.3. The Bertz CT molecular complexity index is 550. The van der Waals surface area contributed by atoms with Crippen molar-refractivity contribution in [1.82, 2.24) is 0 Å². The van der Waals surface area contributed by atoms with E-state index >= 15 is 0 Å². The van der Waals surface area contributed by atoms with Crippen LogP contribution in [0.2, 0.25) is 0 Å². The van der Waals surface area contributed by atoms with Gasteiger partial charge >= 0.3 is 0 Å². The van der Waals surface area contributed by atoms with E-state index in [1.807, 2.05) is 23.5 Å². The van der Waals surface area contributed by atoms with Crippen LogP contribution in [0.5, 0.6) is 0 Å². The Morgan fingerprint density at radius 3 is 1.09 bits per heavy atom. The molecule has 2 nitrogen and oxygen atoms in total. The Morgan fingerprint density at radius 1 is 0.488 bits per heavy atom. The van der Waals surface area contributed by atoms with Crippen molar-refractivity contribution in [2.75, 3.05) is 11.5 Å². The number of rotatable bonds is 36. The van der Waals surface area contributed by atoms with Gasteiger partial charge in [-0.2, -0.15) is 0 Å². The molecule has 7 heteroatoms. The van der Waals surface area contributed by atoms with E-state index in [4.69, 9.17) is 16.3 Å². The number of hydrogen-bond donors (Lipinski definition) is 1. The number of hydrogen-bond acceptors (Lipinski definition) is 5. The molecule has 0 spiro atoms. The Morgan fingerprint density at radius 2 is 0.767 bits per heavy atom. The van der Waals surface area contributed by atoms with E-state index in [1.54, 1.807) is 0 Å². The first kappa shape index (κ1) is 44.6. The summed E-state index contributed by atoms with van der Waals surface area (Å²) in [5.74, 6) is 2.26. The van der Waals surface area contributed by atoms with E-state index < -0.39 is 5.69 Å². The molecule has 0 bridgehead atoms. The Balaban J connectivity index is 3.51. The molecule has 0 heterocycles. The highest BCUT2D eigenvalue weighted by molar-refractivity contribution is 8.69. The maximum Gasteiger partial charge on any atom is 0.246 e. The lowest BCUT2D eigenvalue weighted by Gasteiger charge is -2.22. The molecule has 0 amide bonds. The standard InChI is InChI=1S/C36H75O2PS4/c1-5-7-9-11-13-15-17-19-21-23-25-27-29-31-33-41-35(3)38-39(37,40)43-36(4)42-34-32-30-28-26-24-22-20-18-16-14-12-10-8-6-2/h35-36H,5-34H2,1-4H3,(H,37,40). The fourth-order valence-corrected chi connectivity index (χ4v) is 14.5. The molecule has 0 fully saturated rings. The van der Waals surface area contributed by atoms with Gasteiger partial charge in [0.05, 0.1) is 4.58 Å². The molecule has 43 heavy (non-hydrogen) atoms. The Hall–Kier alpha value is 1.62. The van der Waals surface area contributed by atoms with E-state index in [1.165, 1.54) is 191 Å². The highest BCUT2D eigenvalue weighted by Crippen LogP contribution is 2.61. The summed E-state index contributed by atoms with van der Waals surface area (Å²) in [6, 6.07) is 0. The molecule has 0 aliphatic carbocycles. The van der Waals surface area contributed by atoms with Crippen LogP contribution in [-0.2, 0) is 16.3 Å². The normalized spacial score (nSPS) is 14.6. The molecule has 3 atom stereocenters. The zero-order valence-corrected chi connectivity index (χ0v) is 33.5. The first-order valence-corrected chi connectivity index (χ1v) is 25.1. The van der Waals surface area contributed by atoms with Gasteiger partial charge in [0, 0.05) is 0 Å². The molecule has 0 aromatic rings. The quantitative estimate of drug-likeness (QED) is 0.0398. The summed E-state index contributed by atoms with van der Waals surface area (Å²) in [6.45, 7) is 8.81. The third-order valence-electron chi connectivity index (χ3n) is 8.26. The summed E-state index contributed by atoms with van der Waals surface area (Å²) < 4.78 is 6.24. The largest absolute Gasteiger partial charge is 0.337 e. The molecular formula is C36H75O2PS4. The molecule has 1 N–H and O–H groups in total. The average molecular weight is 699 g/mol. The van der Waals surface area contributed by atoms with E-state index in [-0.39, 0.29) is 5.44 Å². The van der Waals surface area contributed by atoms with E-state index in [0.717, 1.165) is 11.5 Å². The molecule has 0 aliphatic heterocycles. The summed E-state index contributed by atoms with van der Waals surface area (Å²) in [5, 5.41) is 0. The second-order valence-electron chi connectivity index (χ2n) is 12.7. The highest BCUT2D eigenvalue weighted by atomic mass is 32.9. The summed E-state index contributed by atoms with van der Waals surface area (Å²) in [5.41, 5.74) is -2.80. The zero-order valence-electron chi connectivity index (χ0n) is 29.3. The van der Waals surface area contributed by atoms with Crippen LogP contribution in [0.3, 0.4) is 0 Å². The van der Waals surface area contributed by atoms with Gasteiger partial charge in [-0.15, -0.1) is 23.5 Å². The number of unbranched alkanes of at least 4 members (excludes halogenated alkanes) is 26. The third-order valence-corrected chi connectivity index (χ3v) is 15.8. The number of thioether (sulfide) groups is 2. The first-order valence-electron chi connectivity index (χ1n) is 18.8. The Kier molecular flexibility index (Phi) is 36.3. The van der Waals surface area contributed by atoms with Gasteiger partial charge in [0.2, 0.25) is 5.69 Å². The molecule has 0 aromatic heterocycles. The Labute approximate surface area is 289 Å². The second kappa shape index (κ2) is 34.9. The SMILES string of the molecule is CCCCCCCCCCCCCCCCSC(C)OP(O)(=S)SC(C)SCCCCCCCCCCCCCCCC.